The maximum absolute atomic E-state index is 15.4. The molecule has 1 N–H and O–H groups in total. The maximum Gasteiger partial charge on any atom is 0.245 e. The molecule has 1 amide bonds. The zero-order chi connectivity index (χ0) is 40.0. The number of nitrogens with zero attached hydrogens (tertiary/aromatic N) is 11. The summed E-state index contributed by atoms with van der Waals surface area (Å²) < 4.78 is 54.0. The van der Waals surface area contributed by atoms with Crippen molar-refractivity contribution in [1.29, 1.82) is 0 Å². The molecular formula is C41H43F3N12O2. The Balaban J connectivity index is 1.09. The summed E-state index contributed by atoms with van der Waals surface area (Å²) in [4.78, 5) is 42.9. The van der Waals surface area contributed by atoms with E-state index in [0.717, 1.165) is 37.8 Å². The molecule has 300 valence electrons. The van der Waals surface area contributed by atoms with Crippen molar-refractivity contribution in [1.82, 2.24) is 44.1 Å². The number of carbonyl (C=O) groups is 1. The van der Waals surface area contributed by atoms with Crippen LogP contribution in [0.2, 0.25) is 0 Å². The van der Waals surface area contributed by atoms with Gasteiger partial charge in [-0.1, -0.05) is 6.07 Å². The van der Waals surface area contributed by atoms with Crippen LogP contribution < -0.4 is 15.1 Å². The summed E-state index contributed by atoms with van der Waals surface area (Å²) in [5, 5.41) is 8.67. The second kappa shape index (κ2) is 13.9. The molecule has 4 aliphatic heterocycles. The molecule has 3 fully saturated rings. The summed E-state index contributed by atoms with van der Waals surface area (Å²) in [5.41, 5.74) is 2.81. The first-order chi connectivity index (χ1) is 28.0. The van der Waals surface area contributed by atoms with Crippen LogP contribution in [0.15, 0.2) is 54.7 Å². The smallest absolute Gasteiger partial charge is 0.245 e. The molecule has 14 nitrogen and oxygen atoms in total. The molecule has 58 heavy (non-hydrogen) atoms. The van der Waals surface area contributed by atoms with Crippen molar-refractivity contribution in [2.75, 3.05) is 75.6 Å². The third-order valence-electron chi connectivity index (χ3n) is 12.3. The molecule has 0 aliphatic carbocycles. The van der Waals surface area contributed by atoms with Crippen LogP contribution in [0.25, 0.3) is 39.0 Å². The minimum absolute atomic E-state index is 0.0464. The normalized spacial score (nSPS) is 23.8. The number of pyridine rings is 1. The number of ether oxygens (including phenoxy) is 1. The number of aryl methyl sites for hydroxylation is 1. The van der Waals surface area contributed by atoms with E-state index in [2.05, 4.69) is 27.3 Å². The predicted molar refractivity (Wildman–Crippen MR) is 213 cm³/mol. The van der Waals surface area contributed by atoms with E-state index in [1.54, 1.807) is 25.3 Å². The Kier molecular flexibility index (Phi) is 8.78. The van der Waals surface area contributed by atoms with E-state index in [1.807, 2.05) is 34.6 Å². The van der Waals surface area contributed by atoms with Crippen molar-refractivity contribution in [2.45, 2.75) is 38.1 Å². The van der Waals surface area contributed by atoms with Gasteiger partial charge in [0.2, 0.25) is 11.9 Å². The highest BCUT2D eigenvalue weighted by Gasteiger charge is 2.43. The summed E-state index contributed by atoms with van der Waals surface area (Å²) in [6, 6.07) is 10.9. The second-order valence-corrected chi connectivity index (χ2v) is 16.2. The van der Waals surface area contributed by atoms with E-state index in [0.29, 0.717) is 82.6 Å². The molecule has 0 spiro atoms. The van der Waals surface area contributed by atoms with E-state index in [9.17, 15) is 9.18 Å². The number of nitrogens with one attached hydrogen (secondary N) is 1. The molecule has 17 heteroatoms. The number of aromatic nitrogens is 7. The monoisotopic (exact) mass is 792 g/mol. The van der Waals surface area contributed by atoms with Crippen molar-refractivity contribution in [3.05, 3.63) is 78.0 Å². The van der Waals surface area contributed by atoms with E-state index in [4.69, 9.17) is 24.7 Å². The number of amides is 1. The van der Waals surface area contributed by atoms with Crippen LogP contribution in [0.3, 0.4) is 0 Å². The van der Waals surface area contributed by atoms with Crippen LogP contribution >= 0.6 is 0 Å². The van der Waals surface area contributed by atoms with Crippen molar-refractivity contribution in [2.24, 2.45) is 11.8 Å². The quantitative estimate of drug-likeness (QED) is 0.272. The SMILES string of the molecule is CO[C@H]1CN(C)C(=O)[C@@H]2C[C@@H](CN2c2nc(N3C[C@H]4CN(C)C[C@H]4C3)nc3c2cnn3-c2ccc(F)cc2F)Nc2cccc(n2)-c2cc(F)cc3nc(C)n(c23)C1. The van der Waals surface area contributed by atoms with E-state index >= 15 is 8.78 Å². The number of anilines is 3. The number of halogens is 3. The Hall–Kier alpha value is -5.81. The van der Waals surface area contributed by atoms with Gasteiger partial charge in [0.05, 0.1) is 41.0 Å². The Bertz CT molecular complexity index is 2580. The first-order valence-electron chi connectivity index (χ1n) is 19.6. The Morgan fingerprint density at radius 1 is 0.862 bits per heavy atom. The van der Waals surface area contributed by atoms with Gasteiger partial charge in [0.15, 0.2) is 11.5 Å². The maximum atomic E-state index is 15.4. The number of imidazole rings is 1. The molecular weight excluding hydrogens is 750 g/mol. The average Bonchev–Trinajstić information content (AvgIpc) is 4.02. The van der Waals surface area contributed by atoms with Crippen molar-refractivity contribution >= 4 is 45.6 Å². The van der Waals surface area contributed by atoms with Gasteiger partial charge in [-0.2, -0.15) is 15.1 Å². The fourth-order valence-corrected chi connectivity index (χ4v) is 9.57. The van der Waals surface area contributed by atoms with Gasteiger partial charge in [0.25, 0.3) is 0 Å². The zero-order valence-electron chi connectivity index (χ0n) is 32.6. The molecule has 4 aliphatic rings. The number of likely N-dealkylation sites (tertiary alicyclic amines) is 1. The lowest BCUT2D eigenvalue weighted by atomic mass is 10.0. The number of hydrogen-bond acceptors (Lipinski definition) is 11. The van der Waals surface area contributed by atoms with Crippen LogP contribution in [0.4, 0.5) is 30.8 Å². The van der Waals surface area contributed by atoms with Crippen molar-refractivity contribution < 1.29 is 22.7 Å². The van der Waals surface area contributed by atoms with Crippen LogP contribution in [-0.2, 0) is 16.1 Å². The van der Waals surface area contributed by atoms with Crippen molar-refractivity contribution in [3.63, 3.8) is 0 Å². The summed E-state index contributed by atoms with van der Waals surface area (Å²) in [6.07, 6.45) is 1.55. The number of hydrogen-bond donors (Lipinski definition) is 1. The van der Waals surface area contributed by atoms with Gasteiger partial charge in [0, 0.05) is 77.2 Å². The molecule has 3 saturated heterocycles. The highest BCUT2D eigenvalue weighted by atomic mass is 19.1. The van der Waals surface area contributed by atoms with Crippen molar-refractivity contribution in [3.8, 4) is 16.9 Å². The number of benzene rings is 2. The summed E-state index contributed by atoms with van der Waals surface area (Å²) >= 11 is 0. The highest BCUT2D eigenvalue weighted by molar-refractivity contribution is 5.94. The third kappa shape index (κ3) is 6.18. The molecule has 0 radical (unpaired) electrons. The van der Waals surface area contributed by atoms with Gasteiger partial charge in [-0.25, -0.2) is 27.8 Å². The number of carbonyl (C=O) groups excluding carboxylic acids is 1. The number of likely N-dealkylation sites (N-methyl/N-ethyl adjacent to an activating group) is 1. The van der Waals surface area contributed by atoms with Crippen LogP contribution in [0.5, 0.6) is 0 Å². The number of fused-ring (bicyclic) bond motifs is 7. The molecule has 0 unspecified atom stereocenters. The average molecular weight is 793 g/mol. The van der Waals surface area contributed by atoms with Gasteiger partial charge in [-0.3, -0.25) is 4.79 Å². The highest BCUT2D eigenvalue weighted by Crippen LogP contribution is 2.38. The van der Waals surface area contributed by atoms with E-state index in [-0.39, 0.29) is 24.2 Å². The fraction of sp³-hybridized carbons (Fsp3) is 0.415. The van der Waals surface area contributed by atoms with Gasteiger partial charge in [-0.15, -0.1) is 0 Å². The zero-order valence-corrected chi connectivity index (χ0v) is 32.6. The standard InChI is InChI=1S/C41H43F3N12O2/c1-22-46-33-12-26(43)10-29-32-6-5-7-36(48-32)47-27-13-35(40(57)52(3)20-28(58-4)21-54(22)37(29)33)55(19-27)38-30-14-45-56(34-9-8-25(42)11-31(34)44)39(30)50-41(49-38)53-17-23-15-51(2)16-24(23)18-53/h5-12,14,23-24,27-28,35H,13,15-21H2,1-4H3,(H,47,48)/t23-,24+,27-,28-,35-/m0/s1. The number of methoxy groups -OCH3 is 1. The molecule has 4 bridgehead atoms. The van der Waals surface area contributed by atoms with Gasteiger partial charge >= 0.3 is 0 Å². The first kappa shape index (κ1) is 36.5. The first-order valence-corrected chi connectivity index (χ1v) is 19.6. The minimum atomic E-state index is -0.780. The Morgan fingerprint density at radius 3 is 2.45 bits per heavy atom. The molecule has 10 rings (SSSR count). The van der Waals surface area contributed by atoms with Crippen LogP contribution in [0.1, 0.15) is 12.2 Å². The molecule has 8 heterocycles. The largest absolute Gasteiger partial charge is 0.378 e. The van der Waals surface area contributed by atoms with Gasteiger partial charge in [0.1, 0.15) is 40.8 Å². The molecule has 0 saturated carbocycles. The van der Waals surface area contributed by atoms with E-state index in [1.165, 1.54) is 28.9 Å². The summed E-state index contributed by atoms with van der Waals surface area (Å²) in [5.74, 6) is 1.06. The number of rotatable bonds is 4. The lowest BCUT2D eigenvalue weighted by molar-refractivity contribution is -0.132. The molecule has 4 aromatic heterocycles. The summed E-state index contributed by atoms with van der Waals surface area (Å²) in [7, 11) is 5.52. The fourth-order valence-electron chi connectivity index (χ4n) is 9.57. The lowest BCUT2D eigenvalue weighted by Crippen LogP contribution is -2.47. The predicted octanol–water partition coefficient (Wildman–Crippen LogP) is 4.50. The van der Waals surface area contributed by atoms with Gasteiger partial charge < -0.3 is 34.2 Å². The third-order valence-corrected chi connectivity index (χ3v) is 12.3. The topological polar surface area (TPSA) is 126 Å². The Labute approximate surface area is 332 Å². The minimum Gasteiger partial charge on any atom is -0.378 e. The molecule has 6 aromatic rings. The van der Waals surface area contributed by atoms with Crippen LogP contribution in [0, 0.1) is 36.2 Å². The molecule has 2 aromatic carbocycles. The lowest BCUT2D eigenvalue weighted by Gasteiger charge is -2.31. The second-order valence-electron chi connectivity index (χ2n) is 16.2. The Morgan fingerprint density at radius 2 is 1.67 bits per heavy atom. The summed E-state index contributed by atoms with van der Waals surface area (Å²) in [6.45, 7) is 6.30. The van der Waals surface area contributed by atoms with E-state index < -0.39 is 29.6 Å². The van der Waals surface area contributed by atoms with Crippen LogP contribution in [-0.4, -0.2) is 129 Å². The van der Waals surface area contributed by atoms with Gasteiger partial charge in [-0.05, 0) is 62.6 Å². The molecule has 5 atom stereocenters.